The van der Waals surface area contributed by atoms with Crippen LogP contribution in [0.25, 0.3) is 0 Å². The van der Waals surface area contributed by atoms with Crippen LogP contribution >= 0.6 is 0 Å². The lowest BCUT2D eigenvalue weighted by molar-refractivity contribution is 0.260. The molecule has 1 heterocycles. The fraction of sp³-hybridized carbons (Fsp3) is 0.615. The summed E-state index contributed by atoms with van der Waals surface area (Å²) in [7, 11) is 0. The molecular formula is C13H21NO. The predicted molar refractivity (Wildman–Crippen MR) is 63.2 cm³/mol. The molecule has 0 aliphatic carbocycles. The van der Waals surface area contributed by atoms with E-state index in [1.165, 1.54) is 12.8 Å². The molecule has 2 heteroatoms. The molecule has 0 saturated carbocycles. The monoisotopic (exact) mass is 207 g/mol. The van der Waals surface area contributed by atoms with Crippen molar-refractivity contribution in [2.75, 3.05) is 6.61 Å². The topological polar surface area (TPSA) is 22.1 Å². The number of rotatable bonds is 6. The highest BCUT2D eigenvalue weighted by atomic mass is 16.5. The molecule has 0 aliphatic heterocycles. The highest BCUT2D eigenvalue weighted by molar-refractivity contribution is 5.15. The molecule has 0 aromatic carbocycles. The Labute approximate surface area is 92.7 Å². The summed E-state index contributed by atoms with van der Waals surface area (Å²) in [6.45, 7) is 7.21. The molecule has 0 spiro atoms. The Morgan fingerprint density at radius 3 is 2.80 bits per heavy atom. The highest BCUT2D eigenvalue weighted by Crippen LogP contribution is 2.10. The Kier molecular flexibility index (Phi) is 5.16. The summed E-state index contributed by atoms with van der Waals surface area (Å²) in [5, 5.41) is 0. The number of ether oxygens (including phenoxy) is 1. The van der Waals surface area contributed by atoms with E-state index in [0.29, 0.717) is 5.92 Å². The van der Waals surface area contributed by atoms with Crippen LogP contribution in [0.5, 0.6) is 5.88 Å². The van der Waals surface area contributed by atoms with Gasteiger partial charge in [0.25, 0.3) is 0 Å². The fourth-order valence-corrected chi connectivity index (χ4v) is 1.29. The minimum atomic E-state index is 0.547. The van der Waals surface area contributed by atoms with Crippen molar-refractivity contribution in [1.82, 2.24) is 4.98 Å². The van der Waals surface area contributed by atoms with Gasteiger partial charge in [-0.25, -0.2) is 4.98 Å². The molecule has 0 atom stereocenters. The molecule has 1 aromatic heterocycles. The average molecular weight is 207 g/mol. The van der Waals surface area contributed by atoms with Crippen LogP contribution in [0.3, 0.4) is 0 Å². The van der Waals surface area contributed by atoms with E-state index >= 15 is 0 Å². The molecule has 0 bridgehead atoms. The van der Waals surface area contributed by atoms with Gasteiger partial charge in [-0.3, -0.25) is 0 Å². The Morgan fingerprint density at radius 2 is 2.13 bits per heavy atom. The SMILES string of the molecule is CCCCc1cccc(OCC(C)C)n1. The van der Waals surface area contributed by atoms with Gasteiger partial charge in [-0.15, -0.1) is 0 Å². The van der Waals surface area contributed by atoms with Crippen LogP contribution in [-0.4, -0.2) is 11.6 Å². The quantitative estimate of drug-likeness (QED) is 0.712. The Bertz CT molecular complexity index is 284. The van der Waals surface area contributed by atoms with Gasteiger partial charge >= 0.3 is 0 Å². The van der Waals surface area contributed by atoms with Crippen molar-refractivity contribution >= 4 is 0 Å². The average Bonchev–Trinajstić information content (AvgIpc) is 2.24. The summed E-state index contributed by atoms with van der Waals surface area (Å²) in [6, 6.07) is 6.02. The van der Waals surface area contributed by atoms with Gasteiger partial charge in [-0.1, -0.05) is 33.3 Å². The van der Waals surface area contributed by atoms with Crippen molar-refractivity contribution in [3.8, 4) is 5.88 Å². The van der Waals surface area contributed by atoms with Crippen molar-refractivity contribution in [1.29, 1.82) is 0 Å². The zero-order chi connectivity index (χ0) is 11.1. The molecule has 0 unspecified atom stereocenters. The van der Waals surface area contributed by atoms with Gasteiger partial charge in [0.2, 0.25) is 5.88 Å². The lowest BCUT2D eigenvalue weighted by Gasteiger charge is -2.08. The second kappa shape index (κ2) is 6.44. The molecule has 0 N–H and O–H groups in total. The van der Waals surface area contributed by atoms with Crippen LogP contribution in [0, 0.1) is 5.92 Å². The molecule has 0 radical (unpaired) electrons. The van der Waals surface area contributed by atoms with Gasteiger partial charge in [0.1, 0.15) is 0 Å². The summed E-state index contributed by atoms with van der Waals surface area (Å²) >= 11 is 0. The molecule has 84 valence electrons. The molecule has 2 nitrogen and oxygen atoms in total. The first-order chi connectivity index (χ1) is 7.22. The molecule has 0 amide bonds. The second-order valence-corrected chi connectivity index (χ2v) is 4.28. The molecule has 0 aliphatic rings. The third kappa shape index (κ3) is 4.82. The van der Waals surface area contributed by atoms with Crippen molar-refractivity contribution in [3.05, 3.63) is 23.9 Å². The minimum absolute atomic E-state index is 0.547. The summed E-state index contributed by atoms with van der Waals surface area (Å²) < 4.78 is 5.58. The van der Waals surface area contributed by atoms with Crippen LogP contribution in [-0.2, 0) is 6.42 Å². The number of nitrogens with zero attached hydrogens (tertiary/aromatic N) is 1. The van der Waals surface area contributed by atoms with Crippen LogP contribution in [0.4, 0.5) is 0 Å². The van der Waals surface area contributed by atoms with E-state index in [0.717, 1.165) is 24.6 Å². The van der Waals surface area contributed by atoms with Crippen molar-refractivity contribution in [3.63, 3.8) is 0 Å². The van der Waals surface area contributed by atoms with Crippen LogP contribution in [0.1, 0.15) is 39.3 Å². The minimum Gasteiger partial charge on any atom is -0.477 e. The first kappa shape index (κ1) is 12.0. The number of aromatic nitrogens is 1. The molecule has 15 heavy (non-hydrogen) atoms. The van der Waals surface area contributed by atoms with Crippen molar-refractivity contribution in [2.45, 2.75) is 40.0 Å². The van der Waals surface area contributed by atoms with E-state index in [-0.39, 0.29) is 0 Å². The van der Waals surface area contributed by atoms with Gasteiger partial charge in [0, 0.05) is 11.8 Å². The number of aryl methyl sites for hydroxylation is 1. The van der Waals surface area contributed by atoms with Gasteiger partial charge in [0.05, 0.1) is 6.61 Å². The zero-order valence-electron chi connectivity index (χ0n) is 9.99. The maximum absolute atomic E-state index is 5.58. The normalized spacial score (nSPS) is 10.7. The summed E-state index contributed by atoms with van der Waals surface area (Å²) in [5.74, 6) is 1.31. The van der Waals surface area contributed by atoms with Crippen LogP contribution in [0.2, 0.25) is 0 Å². The Balaban J connectivity index is 2.50. The van der Waals surface area contributed by atoms with E-state index in [4.69, 9.17) is 4.74 Å². The first-order valence-corrected chi connectivity index (χ1v) is 5.81. The van der Waals surface area contributed by atoms with Crippen molar-refractivity contribution < 1.29 is 4.74 Å². The third-order valence-electron chi connectivity index (χ3n) is 2.13. The smallest absolute Gasteiger partial charge is 0.213 e. The number of hydrogen-bond acceptors (Lipinski definition) is 2. The van der Waals surface area contributed by atoms with E-state index in [2.05, 4.69) is 31.8 Å². The number of pyridine rings is 1. The van der Waals surface area contributed by atoms with Crippen LogP contribution in [0.15, 0.2) is 18.2 Å². The Morgan fingerprint density at radius 1 is 1.33 bits per heavy atom. The number of unbranched alkanes of at least 4 members (excludes halogenated alkanes) is 1. The largest absolute Gasteiger partial charge is 0.477 e. The summed E-state index contributed by atoms with van der Waals surface area (Å²) in [6.07, 6.45) is 3.45. The van der Waals surface area contributed by atoms with Gasteiger partial charge < -0.3 is 4.74 Å². The maximum atomic E-state index is 5.58. The predicted octanol–water partition coefficient (Wildman–Crippen LogP) is 3.46. The summed E-state index contributed by atoms with van der Waals surface area (Å²) in [4.78, 5) is 4.46. The van der Waals surface area contributed by atoms with E-state index in [1.54, 1.807) is 0 Å². The van der Waals surface area contributed by atoms with Gasteiger partial charge in [-0.2, -0.15) is 0 Å². The van der Waals surface area contributed by atoms with E-state index in [1.807, 2.05) is 12.1 Å². The standard InChI is InChI=1S/C13H21NO/c1-4-5-7-12-8-6-9-13(14-12)15-10-11(2)3/h6,8-9,11H,4-5,7,10H2,1-3H3. The lowest BCUT2D eigenvalue weighted by atomic mass is 10.2. The van der Waals surface area contributed by atoms with Gasteiger partial charge in [-0.05, 0) is 24.8 Å². The maximum Gasteiger partial charge on any atom is 0.213 e. The number of hydrogen-bond donors (Lipinski definition) is 0. The van der Waals surface area contributed by atoms with Gasteiger partial charge in [0.15, 0.2) is 0 Å². The van der Waals surface area contributed by atoms with E-state index < -0.39 is 0 Å². The Hall–Kier alpha value is -1.05. The van der Waals surface area contributed by atoms with Crippen LogP contribution < -0.4 is 4.74 Å². The lowest BCUT2D eigenvalue weighted by Crippen LogP contribution is -2.06. The summed E-state index contributed by atoms with van der Waals surface area (Å²) in [5.41, 5.74) is 1.14. The molecule has 0 fully saturated rings. The fourth-order valence-electron chi connectivity index (χ4n) is 1.29. The molecule has 1 aromatic rings. The zero-order valence-corrected chi connectivity index (χ0v) is 9.99. The third-order valence-corrected chi connectivity index (χ3v) is 2.13. The molecule has 1 rings (SSSR count). The molecular weight excluding hydrogens is 186 g/mol. The molecule has 0 saturated heterocycles. The highest BCUT2D eigenvalue weighted by Gasteiger charge is 2.00. The van der Waals surface area contributed by atoms with E-state index in [9.17, 15) is 0 Å². The van der Waals surface area contributed by atoms with Crippen molar-refractivity contribution in [2.24, 2.45) is 5.92 Å². The first-order valence-electron chi connectivity index (χ1n) is 5.81. The second-order valence-electron chi connectivity index (χ2n) is 4.28.